The molecule has 0 aliphatic carbocycles. The second kappa shape index (κ2) is 7.22. The van der Waals surface area contributed by atoms with Gasteiger partial charge < -0.3 is 19.5 Å². The van der Waals surface area contributed by atoms with E-state index < -0.39 is 12.9 Å². The number of ether oxygens (including phenoxy) is 2. The zero-order valence-corrected chi connectivity index (χ0v) is 11.6. The number of rotatable bonds is 6. The molecule has 110 valence electrons. The minimum absolute atomic E-state index is 0.109. The highest BCUT2D eigenvalue weighted by molar-refractivity contribution is 6.58. The van der Waals surface area contributed by atoms with Gasteiger partial charge in [-0.3, -0.25) is 0 Å². The van der Waals surface area contributed by atoms with Crippen LogP contribution in [0.3, 0.4) is 0 Å². The number of hydrogen-bond acceptors (Lipinski definition) is 4. The van der Waals surface area contributed by atoms with E-state index in [1.807, 2.05) is 24.3 Å². The van der Waals surface area contributed by atoms with Crippen molar-refractivity contribution in [2.75, 3.05) is 7.11 Å². The summed E-state index contributed by atoms with van der Waals surface area (Å²) in [4.78, 5) is 0. The summed E-state index contributed by atoms with van der Waals surface area (Å²) in [6, 6.07) is 11.3. The van der Waals surface area contributed by atoms with Gasteiger partial charge in [-0.2, -0.15) is 0 Å². The molecule has 0 aromatic heterocycles. The third-order valence-corrected chi connectivity index (χ3v) is 2.97. The van der Waals surface area contributed by atoms with Crippen LogP contribution < -0.4 is 10.2 Å². The smallest absolute Gasteiger partial charge is 0.488 e. The van der Waals surface area contributed by atoms with Crippen molar-refractivity contribution in [2.45, 2.75) is 13.2 Å². The Labute approximate surface area is 122 Å². The van der Waals surface area contributed by atoms with E-state index in [-0.39, 0.29) is 12.1 Å². The average molecular weight is 290 g/mol. The summed E-state index contributed by atoms with van der Waals surface area (Å²) in [7, 11) is -0.0937. The fourth-order valence-corrected chi connectivity index (χ4v) is 1.92. The second-order valence-electron chi connectivity index (χ2n) is 4.61. The van der Waals surface area contributed by atoms with Gasteiger partial charge in [0.15, 0.2) is 0 Å². The molecule has 0 fully saturated rings. The van der Waals surface area contributed by atoms with E-state index in [0.717, 1.165) is 17.4 Å². The van der Waals surface area contributed by atoms with Gasteiger partial charge in [-0.25, -0.2) is 4.39 Å². The normalized spacial score (nSPS) is 10.5. The first kappa shape index (κ1) is 15.5. The van der Waals surface area contributed by atoms with Crippen molar-refractivity contribution in [3.8, 4) is 5.75 Å². The predicted octanol–water partition coefficient (Wildman–Crippen LogP) is 1.23. The van der Waals surface area contributed by atoms with Gasteiger partial charge in [-0.1, -0.05) is 18.2 Å². The first-order valence-corrected chi connectivity index (χ1v) is 6.44. The van der Waals surface area contributed by atoms with Crippen LogP contribution in [0.5, 0.6) is 5.75 Å². The molecule has 4 nitrogen and oxygen atoms in total. The van der Waals surface area contributed by atoms with E-state index >= 15 is 0 Å². The Balaban J connectivity index is 1.93. The Morgan fingerprint density at radius 3 is 2.29 bits per heavy atom. The van der Waals surface area contributed by atoms with Gasteiger partial charge in [0.25, 0.3) is 0 Å². The molecule has 0 bridgehead atoms. The van der Waals surface area contributed by atoms with E-state index in [4.69, 9.17) is 19.5 Å². The standard InChI is InChI=1S/C15H16BFO4/c1-20-15-4-2-11(3-5-15)9-21-10-12-6-13(16(18)19)8-14(17)7-12/h2-8,18-19H,9-10H2,1H3. The zero-order valence-electron chi connectivity index (χ0n) is 11.6. The SMILES string of the molecule is COc1ccc(COCc2cc(F)cc(B(O)O)c2)cc1. The first-order chi connectivity index (χ1) is 10.1. The molecule has 0 saturated heterocycles. The van der Waals surface area contributed by atoms with Crippen LogP contribution in [0.2, 0.25) is 0 Å². The van der Waals surface area contributed by atoms with Crippen LogP contribution >= 0.6 is 0 Å². The van der Waals surface area contributed by atoms with Gasteiger partial charge >= 0.3 is 7.12 Å². The molecule has 0 aliphatic rings. The molecule has 2 aromatic carbocycles. The van der Waals surface area contributed by atoms with Crippen molar-refractivity contribution in [2.24, 2.45) is 0 Å². The molecule has 0 atom stereocenters. The lowest BCUT2D eigenvalue weighted by molar-refractivity contribution is 0.107. The summed E-state index contributed by atoms with van der Waals surface area (Å²) in [5, 5.41) is 18.1. The van der Waals surface area contributed by atoms with Crippen molar-refractivity contribution in [3.05, 3.63) is 59.4 Å². The highest BCUT2D eigenvalue weighted by Gasteiger charge is 2.13. The number of halogens is 1. The number of benzene rings is 2. The van der Waals surface area contributed by atoms with Gasteiger partial charge in [-0.15, -0.1) is 0 Å². The molecule has 0 radical (unpaired) electrons. The Morgan fingerprint density at radius 2 is 1.67 bits per heavy atom. The van der Waals surface area contributed by atoms with Gasteiger partial charge in [0, 0.05) is 0 Å². The fourth-order valence-electron chi connectivity index (χ4n) is 1.92. The molecule has 0 saturated carbocycles. The molecule has 0 unspecified atom stereocenters. The van der Waals surface area contributed by atoms with Crippen LogP contribution in [-0.4, -0.2) is 24.3 Å². The molecule has 0 amide bonds. The highest BCUT2D eigenvalue weighted by atomic mass is 19.1. The van der Waals surface area contributed by atoms with E-state index in [2.05, 4.69) is 0 Å². The van der Waals surface area contributed by atoms with Crippen LogP contribution in [-0.2, 0) is 18.0 Å². The van der Waals surface area contributed by atoms with Crippen LogP contribution in [0.15, 0.2) is 42.5 Å². The van der Waals surface area contributed by atoms with Crippen LogP contribution in [0.25, 0.3) is 0 Å². The molecular formula is C15H16BFO4. The quantitative estimate of drug-likeness (QED) is 0.786. The summed E-state index contributed by atoms with van der Waals surface area (Å²) in [5.41, 5.74) is 1.62. The highest BCUT2D eigenvalue weighted by Crippen LogP contribution is 2.13. The van der Waals surface area contributed by atoms with Crippen LogP contribution in [0, 0.1) is 5.82 Å². The first-order valence-electron chi connectivity index (χ1n) is 6.44. The lowest BCUT2D eigenvalue weighted by Gasteiger charge is -2.08. The Morgan fingerprint density at radius 1 is 1.00 bits per heavy atom. The maximum atomic E-state index is 13.3. The lowest BCUT2D eigenvalue weighted by atomic mass is 9.79. The summed E-state index contributed by atoms with van der Waals surface area (Å²) in [5.74, 6) is 0.245. The predicted molar refractivity (Wildman–Crippen MR) is 77.7 cm³/mol. The average Bonchev–Trinajstić information content (AvgIpc) is 2.47. The third-order valence-electron chi connectivity index (χ3n) is 2.97. The van der Waals surface area contributed by atoms with E-state index in [1.165, 1.54) is 12.1 Å². The molecule has 0 heterocycles. The zero-order chi connectivity index (χ0) is 15.2. The molecule has 0 spiro atoms. The maximum absolute atomic E-state index is 13.3. The molecular weight excluding hydrogens is 274 g/mol. The molecule has 2 N–H and O–H groups in total. The van der Waals surface area contributed by atoms with Gasteiger partial charge in [0.05, 0.1) is 20.3 Å². The number of methoxy groups -OCH3 is 1. The molecule has 2 aromatic rings. The van der Waals surface area contributed by atoms with Gasteiger partial charge in [-0.05, 0) is 40.9 Å². The largest absolute Gasteiger partial charge is 0.497 e. The lowest BCUT2D eigenvalue weighted by Crippen LogP contribution is -2.30. The monoisotopic (exact) mass is 290 g/mol. The summed E-state index contributed by atoms with van der Waals surface area (Å²) in [6.07, 6.45) is 0. The van der Waals surface area contributed by atoms with Crippen LogP contribution in [0.4, 0.5) is 4.39 Å². The van der Waals surface area contributed by atoms with E-state index in [9.17, 15) is 4.39 Å². The molecule has 21 heavy (non-hydrogen) atoms. The van der Waals surface area contributed by atoms with Crippen LogP contribution in [0.1, 0.15) is 11.1 Å². The molecule has 0 aliphatic heterocycles. The third kappa shape index (κ3) is 4.56. The summed E-state index contributed by atoms with van der Waals surface area (Å²) < 4.78 is 23.9. The van der Waals surface area contributed by atoms with Crippen molar-refractivity contribution >= 4 is 12.6 Å². The minimum atomic E-state index is -1.69. The Bertz CT molecular complexity index is 587. The molecule has 2 rings (SSSR count). The van der Waals surface area contributed by atoms with Crippen molar-refractivity contribution in [1.29, 1.82) is 0 Å². The maximum Gasteiger partial charge on any atom is 0.488 e. The van der Waals surface area contributed by atoms with Crippen molar-refractivity contribution in [1.82, 2.24) is 0 Å². The second-order valence-corrected chi connectivity index (χ2v) is 4.61. The van der Waals surface area contributed by atoms with Gasteiger partial charge in [0.2, 0.25) is 0 Å². The Hall–Kier alpha value is -1.89. The molecule has 6 heteroatoms. The fraction of sp³-hybridized carbons (Fsp3) is 0.200. The topological polar surface area (TPSA) is 58.9 Å². The van der Waals surface area contributed by atoms with Crippen molar-refractivity contribution in [3.63, 3.8) is 0 Å². The van der Waals surface area contributed by atoms with E-state index in [1.54, 1.807) is 7.11 Å². The summed E-state index contributed by atoms with van der Waals surface area (Å²) in [6.45, 7) is 0.557. The summed E-state index contributed by atoms with van der Waals surface area (Å²) >= 11 is 0. The number of hydrogen-bond donors (Lipinski definition) is 2. The van der Waals surface area contributed by atoms with Gasteiger partial charge in [0.1, 0.15) is 11.6 Å². The Kier molecular flexibility index (Phi) is 5.33. The minimum Gasteiger partial charge on any atom is -0.497 e. The van der Waals surface area contributed by atoms with E-state index in [0.29, 0.717) is 12.2 Å². The van der Waals surface area contributed by atoms with Crippen molar-refractivity contribution < 1.29 is 23.9 Å².